The zero-order valence-electron chi connectivity index (χ0n) is 10.6. The molecule has 2 heterocycles. The van der Waals surface area contributed by atoms with Gasteiger partial charge in [0.2, 0.25) is 0 Å². The molecule has 1 aliphatic carbocycles. The molecule has 0 aromatic carbocycles. The minimum Gasteiger partial charge on any atom is -0.381 e. The van der Waals surface area contributed by atoms with Crippen LogP contribution in [0.4, 0.5) is 0 Å². The Labute approximate surface area is 127 Å². The van der Waals surface area contributed by atoms with Crippen LogP contribution in [-0.4, -0.2) is 19.8 Å². The van der Waals surface area contributed by atoms with E-state index in [4.69, 9.17) is 4.74 Å². The number of thiophene rings is 1. The second kappa shape index (κ2) is 6.20. The average molecular weight is 377 g/mol. The lowest BCUT2D eigenvalue weighted by molar-refractivity contribution is 0.0652. The number of fused-ring (bicyclic) bond motifs is 1. The van der Waals surface area contributed by atoms with Gasteiger partial charge in [-0.25, -0.2) is 0 Å². The lowest BCUT2D eigenvalue weighted by atomic mass is 9.92. The van der Waals surface area contributed by atoms with Crippen molar-refractivity contribution < 1.29 is 4.74 Å². The molecule has 0 bridgehead atoms. The fourth-order valence-corrected chi connectivity index (χ4v) is 5.11. The van der Waals surface area contributed by atoms with Crippen LogP contribution in [0, 0.1) is 8.80 Å². The third-order valence-corrected chi connectivity index (χ3v) is 6.05. The van der Waals surface area contributed by atoms with E-state index in [0.717, 1.165) is 19.1 Å². The first-order valence-corrected chi connectivity index (χ1v) is 8.81. The van der Waals surface area contributed by atoms with Crippen LogP contribution in [0.5, 0.6) is 0 Å². The molecule has 1 unspecified atom stereocenters. The van der Waals surface area contributed by atoms with Crippen molar-refractivity contribution in [3.63, 3.8) is 0 Å². The number of aryl methyl sites for hydroxylation is 1. The monoisotopic (exact) mass is 377 g/mol. The maximum Gasteiger partial charge on any atom is 0.0659 e. The van der Waals surface area contributed by atoms with Crippen molar-refractivity contribution in [2.24, 2.45) is 5.92 Å². The second-order valence-corrected chi connectivity index (χ2v) is 8.37. The Morgan fingerprint density at radius 3 is 3.00 bits per heavy atom. The number of hydrogen-bond acceptors (Lipinski definition) is 3. The molecular weight excluding hydrogens is 357 g/mol. The number of halogens is 1. The summed E-state index contributed by atoms with van der Waals surface area (Å²) < 4.78 is 6.87. The van der Waals surface area contributed by atoms with E-state index in [1.54, 1.807) is 10.4 Å². The molecule has 3 rings (SSSR count). The van der Waals surface area contributed by atoms with Crippen LogP contribution in [0.3, 0.4) is 0 Å². The molecule has 1 fully saturated rings. The molecule has 0 radical (unpaired) electrons. The summed E-state index contributed by atoms with van der Waals surface area (Å²) >= 11 is 4.44. The van der Waals surface area contributed by atoms with E-state index in [0.29, 0.717) is 6.04 Å². The molecule has 18 heavy (non-hydrogen) atoms. The van der Waals surface area contributed by atoms with Gasteiger partial charge in [-0.15, -0.1) is 11.3 Å². The van der Waals surface area contributed by atoms with Gasteiger partial charge in [-0.2, -0.15) is 0 Å². The third kappa shape index (κ3) is 3.08. The van der Waals surface area contributed by atoms with Crippen molar-refractivity contribution in [3.05, 3.63) is 19.4 Å². The summed E-state index contributed by atoms with van der Waals surface area (Å²) in [5.74, 6) is 0.821. The summed E-state index contributed by atoms with van der Waals surface area (Å²) in [7, 11) is 0. The summed E-state index contributed by atoms with van der Waals surface area (Å²) in [6.45, 7) is 3.08. The summed E-state index contributed by atoms with van der Waals surface area (Å²) in [5.41, 5.74) is 1.59. The fourth-order valence-electron chi connectivity index (χ4n) is 2.99. The minimum atomic E-state index is 0.608. The van der Waals surface area contributed by atoms with Gasteiger partial charge in [0, 0.05) is 24.1 Å². The van der Waals surface area contributed by atoms with E-state index in [-0.39, 0.29) is 0 Å². The van der Waals surface area contributed by atoms with Gasteiger partial charge >= 0.3 is 0 Å². The first-order valence-electron chi connectivity index (χ1n) is 6.92. The zero-order valence-corrected chi connectivity index (χ0v) is 13.6. The maximum atomic E-state index is 5.42. The van der Waals surface area contributed by atoms with Crippen LogP contribution in [-0.2, 0) is 11.2 Å². The van der Waals surface area contributed by atoms with Gasteiger partial charge < -0.3 is 10.1 Å². The van der Waals surface area contributed by atoms with Gasteiger partial charge in [-0.1, -0.05) is 0 Å². The molecule has 1 N–H and O–H groups in total. The lowest BCUT2D eigenvalue weighted by Gasteiger charge is -2.28. The molecule has 1 aromatic heterocycles. The van der Waals surface area contributed by atoms with E-state index in [1.807, 2.05) is 11.3 Å². The van der Waals surface area contributed by atoms with E-state index in [2.05, 4.69) is 34.0 Å². The van der Waals surface area contributed by atoms with Crippen molar-refractivity contribution in [2.75, 3.05) is 19.8 Å². The van der Waals surface area contributed by atoms with Gasteiger partial charge in [0.25, 0.3) is 0 Å². The minimum absolute atomic E-state index is 0.608. The standard InChI is InChI=1S/C14H20INOS/c15-14-8-11-12(2-1-3-13(11)18-14)16-9-10-4-6-17-7-5-10/h8,10,12,16H,1-7,9H2. The van der Waals surface area contributed by atoms with Crippen molar-refractivity contribution in [1.29, 1.82) is 0 Å². The molecule has 0 spiro atoms. The van der Waals surface area contributed by atoms with E-state index < -0.39 is 0 Å². The first-order chi connectivity index (χ1) is 8.83. The molecule has 1 atom stereocenters. The molecule has 2 aliphatic rings. The normalized spacial score (nSPS) is 25.1. The molecule has 0 saturated carbocycles. The number of hydrogen-bond donors (Lipinski definition) is 1. The van der Waals surface area contributed by atoms with Crippen molar-refractivity contribution in [3.8, 4) is 0 Å². The van der Waals surface area contributed by atoms with E-state index in [9.17, 15) is 0 Å². The Hall–Kier alpha value is 0.350. The van der Waals surface area contributed by atoms with Gasteiger partial charge in [0.05, 0.1) is 2.88 Å². The van der Waals surface area contributed by atoms with Crippen LogP contribution >= 0.6 is 33.9 Å². The van der Waals surface area contributed by atoms with Gasteiger partial charge in [-0.3, -0.25) is 0 Å². The predicted molar refractivity (Wildman–Crippen MR) is 84.3 cm³/mol. The SMILES string of the molecule is Ic1cc2c(s1)CCCC2NCC1CCOCC1. The van der Waals surface area contributed by atoms with Gasteiger partial charge in [-0.05, 0) is 78.8 Å². The second-order valence-electron chi connectivity index (χ2n) is 5.34. The zero-order chi connectivity index (χ0) is 12.4. The summed E-state index contributed by atoms with van der Waals surface area (Å²) in [6, 6.07) is 3.00. The molecule has 2 nitrogen and oxygen atoms in total. The van der Waals surface area contributed by atoms with E-state index in [1.165, 1.54) is 41.5 Å². The Bertz CT molecular complexity index is 400. The van der Waals surface area contributed by atoms with Crippen LogP contribution in [0.15, 0.2) is 6.07 Å². The van der Waals surface area contributed by atoms with Crippen molar-refractivity contribution >= 4 is 33.9 Å². The smallest absolute Gasteiger partial charge is 0.0659 e. The summed E-state index contributed by atoms with van der Waals surface area (Å²) in [5, 5.41) is 3.81. The van der Waals surface area contributed by atoms with Crippen LogP contribution in [0.25, 0.3) is 0 Å². The molecule has 100 valence electrons. The average Bonchev–Trinajstić information content (AvgIpc) is 2.78. The molecule has 1 aromatic rings. The van der Waals surface area contributed by atoms with Gasteiger partial charge in [0.1, 0.15) is 0 Å². The highest BCUT2D eigenvalue weighted by molar-refractivity contribution is 14.1. The van der Waals surface area contributed by atoms with Crippen LogP contribution < -0.4 is 5.32 Å². The summed E-state index contributed by atoms with van der Waals surface area (Å²) in [6.07, 6.45) is 6.40. The quantitative estimate of drug-likeness (QED) is 0.811. The molecule has 1 aliphatic heterocycles. The molecular formula is C14H20INOS. The number of ether oxygens (including phenoxy) is 1. The van der Waals surface area contributed by atoms with Gasteiger partial charge in [0.15, 0.2) is 0 Å². The highest BCUT2D eigenvalue weighted by Crippen LogP contribution is 2.36. The van der Waals surface area contributed by atoms with Crippen LogP contribution in [0.1, 0.15) is 42.2 Å². The van der Waals surface area contributed by atoms with Crippen molar-refractivity contribution in [1.82, 2.24) is 5.32 Å². The first kappa shape index (κ1) is 13.3. The largest absolute Gasteiger partial charge is 0.381 e. The Balaban J connectivity index is 1.59. The Morgan fingerprint density at radius 1 is 1.33 bits per heavy atom. The maximum absolute atomic E-state index is 5.42. The van der Waals surface area contributed by atoms with E-state index >= 15 is 0 Å². The number of rotatable bonds is 3. The lowest BCUT2D eigenvalue weighted by Crippen LogP contribution is -2.31. The highest BCUT2D eigenvalue weighted by atomic mass is 127. The Morgan fingerprint density at radius 2 is 2.17 bits per heavy atom. The predicted octanol–water partition coefficient (Wildman–Crippen LogP) is 3.75. The molecule has 4 heteroatoms. The Kier molecular flexibility index (Phi) is 4.59. The van der Waals surface area contributed by atoms with Crippen LogP contribution in [0.2, 0.25) is 0 Å². The number of nitrogens with one attached hydrogen (secondary N) is 1. The third-order valence-electron chi connectivity index (χ3n) is 4.08. The highest BCUT2D eigenvalue weighted by Gasteiger charge is 2.23. The molecule has 1 saturated heterocycles. The fraction of sp³-hybridized carbons (Fsp3) is 0.714. The molecule has 0 amide bonds. The summed E-state index contributed by atoms with van der Waals surface area (Å²) in [4.78, 5) is 1.62. The topological polar surface area (TPSA) is 21.3 Å². The van der Waals surface area contributed by atoms with Crippen molar-refractivity contribution in [2.45, 2.75) is 38.1 Å².